The van der Waals surface area contributed by atoms with Gasteiger partial charge in [0.15, 0.2) is 16.6 Å². The van der Waals surface area contributed by atoms with Gasteiger partial charge in [-0.15, -0.1) is 0 Å². The van der Waals surface area contributed by atoms with Gasteiger partial charge >= 0.3 is 0 Å². The van der Waals surface area contributed by atoms with Crippen molar-refractivity contribution < 1.29 is 14.6 Å². The summed E-state index contributed by atoms with van der Waals surface area (Å²) < 4.78 is 11.0. The van der Waals surface area contributed by atoms with E-state index in [1.165, 1.54) is 16.7 Å². The van der Waals surface area contributed by atoms with E-state index in [9.17, 15) is 5.11 Å². The first-order chi connectivity index (χ1) is 17.4. The molecule has 0 amide bonds. The van der Waals surface area contributed by atoms with Crippen molar-refractivity contribution in [2.45, 2.75) is 33.7 Å². The second-order valence-electron chi connectivity index (χ2n) is 8.86. The lowest BCUT2D eigenvalue weighted by Gasteiger charge is -2.26. The summed E-state index contributed by atoms with van der Waals surface area (Å²) >= 11 is 5.88. The van der Waals surface area contributed by atoms with Crippen LogP contribution in [0.25, 0.3) is 10.9 Å². The Morgan fingerprint density at radius 2 is 1.89 bits per heavy atom. The normalized spacial score (nSPS) is 10.9. The van der Waals surface area contributed by atoms with E-state index in [-0.39, 0.29) is 5.75 Å². The molecule has 188 valence electrons. The molecule has 0 unspecified atom stereocenters. The van der Waals surface area contributed by atoms with Gasteiger partial charge in [-0.3, -0.25) is 0 Å². The molecule has 4 aromatic rings. The van der Waals surface area contributed by atoms with Crippen LogP contribution in [-0.2, 0) is 13.0 Å². The molecule has 3 aromatic carbocycles. The first-order valence-electron chi connectivity index (χ1n) is 12.1. The number of methoxy groups -OCH3 is 1. The van der Waals surface area contributed by atoms with Crippen molar-refractivity contribution in [2.75, 3.05) is 25.6 Å². The van der Waals surface area contributed by atoms with Gasteiger partial charge in [-0.2, -0.15) is 0 Å². The molecule has 1 heterocycles. The minimum absolute atomic E-state index is 0.135. The van der Waals surface area contributed by atoms with Crippen molar-refractivity contribution in [1.29, 1.82) is 0 Å². The number of phenols is 1. The summed E-state index contributed by atoms with van der Waals surface area (Å²) in [5.74, 6) is 1.45. The van der Waals surface area contributed by atoms with E-state index >= 15 is 0 Å². The number of anilines is 1. The number of hydrogen-bond acceptors (Lipinski definition) is 4. The third kappa shape index (κ3) is 5.91. The number of aryl methyl sites for hydroxylation is 2. The third-order valence-corrected chi connectivity index (χ3v) is 6.73. The maximum Gasteiger partial charge on any atom is 0.173 e. The molecule has 36 heavy (non-hydrogen) atoms. The number of nitrogens with zero attached hydrogens (tertiary/aromatic N) is 1. The van der Waals surface area contributed by atoms with Crippen molar-refractivity contribution in [1.82, 2.24) is 9.88 Å². The zero-order valence-electron chi connectivity index (χ0n) is 21.2. The van der Waals surface area contributed by atoms with Gasteiger partial charge in [0.25, 0.3) is 0 Å². The molecule has 3 N–H and O–H groups in total. The number of H-pyrrole nitrogens is 1. The van der Waals surface area contributed by atoms with Crippen LogP contribution in [0.2, 0.25) is 0 Å². The summed E-state index contributed by atoms with van der Waals surface area (Å²) in [7, 11) is 1.68. The number of aromatic amines is 1. The fraction of sp³-hybridized carbons (Fsp3) is 0.276. The summed E-state index contributed by atoms with van der Waals surface area (Å²) in [6.45, 7) is 7.85. The fourth-order valence-corrected chi connectivity index (χ4v) is 4.44. The lowest BCUT2D eigenvalue weighted by atomic mass is 10.1. The Balaban J connectivity index is 1.58. The van der Waals surface area contributed by atoms with E-state index in [0.29, 0.717) is 30.6 Å². The van der Waals surface area contributed by atoms with Crippen molar-refractivity contribution in [3.05, 3.63) is 83.0 Å². The number of benzene rings is 3. The molecule has 4 rings (SSSR count). The molecule has 0 radical (unpaired) electrons. The first-order valence-corrected chi connectivity index (χ1v) is 12.5. The standard InChI is InChI=1S/C29H33N3O3S/c1-5-35-28-15-21(7-11-27(28)33)18-32(29(36)31-23-8-6-19(2)20(3)14-23)13-12-22-17-30-26-10-9-24(34-4)16-25(22)26/h6-11,14-17,30,33H,5,12-13,18H2,1-4H3,(H,31,36). The zero-order valence-corrected chi connectivity index (χ0v) is 22.0. The summed E-state index contributed by atoms with van der Waals surface area (Å²) in [6, 6.07) is 17.8. The minimum Gasteiger partial charge on any atom is -0.504 e. The highest BCUT2D eigenvalue weighted by atomic mass is 32.1. The van der Waals surface area contributed by atoms with Crippen molar-refractivity contribution in [3.8, 4) is 17.2 Å². The molecule has 0 aliphatic carbocycles. The molecule has 0 saturated carbocycles. The highest BCUT2D eigenvalue weighted by Crippen LogP contribution is 2.28. The number of aromatic nitrogens is 1. The van der Waals surface area contributed by atoms with Crippen LogP contribution in [0, 0.1) is 13.8 Å². The van der Waals surface area contributed by atoms with Gasteiger partial charge in [-0.1, -0.05) is 12.1 Å². The quantitative estimate of drug-likeness (QED) is 0.232. The molecule has 0 fully saturated rings. The van der Waals surface area contributed by atoms with E-state index in [0.717, 1.165) is 34.3 Å². The van der Waals surface area contributed by atoms with Crippen LogP contribution in [-0.4, -0.2) is 40.4 Å². The van der Waals surface area contributed by atoms with Crippen LogP contribution < -0.4 is 14.8 Å². The fourth-order valence-electron chi connectivity index (χ4n) is 4.17. The zero-order chi connectivity index (χ0) is 25.7. The third-order valence-electron chi connectivity index (χ3n) is 6.37. The lowest BCUT2D eigenvalue weighted by Crippen LogP contribution is -2.35. The smallest absolute Gasteiger partial charge is 0.173 e. The topological polar surface area (TPSA) is 69.8 Å². The number of aromatic hydroxyl groups is 1. The Bertz CT molecular complexity index is 1370. The molecule has 0 bridgehead atoms. The van der Waals surface area contributed by atoms with E-state index in [1.807, 2.05) is 37.3 Å². The molecule has 6 nitrogen and oxygen atoms in total. The predicted molar refractivity (Wildman–Crippen MR) is 150 cm³/mol. The lowest BCUT2D eigenvalue weighted by molar-refractivity contribution is 0.317. The molecule has 0 spiro atoms. The van der Waals surface area contributed by atoms with Gasteiger partial charge in [-0.05, 0) is 104 Å². The van der Waals surface area contributed by atoms with Crippen LogP contribution in [0.15, 0.2) is 60.8 Å². The first kappa shape index (κ1) is 25.4. The van der Waals surface area contributed by atoms with Crippen LogP contribution in [0.3, 0.4) is 0 Å². The maximum absolute atomic E-state index is 10.1. The molecule has 0 aliphatic heterocycles. The van der Waals surface area contributed by atoms with E-state index in [2.05, 4.69) is 53.4 Å². The Kier molecular flexibility index (Phi) is 8.00. The highest BCUT2D eigenvalue weighted by Gasteiger charge is 2.15. The van der Waals surface area contributed by atoms with Crippen LogP contribution in [0.1, 0.15) is 29.2 Å². The number of nitrogens with one attached hydrogen (secondary N) is 2. The minimum atomic E-state index is 0.135. The van der Waals surface area contributed by atoms with Crippen molar-refractivity contribution >= 4 is 33.9 Å². The van der Waals surface area contributed by atoms with Gasteiger partial charge in [0.1, 0.15) is 5.75 Å². The molecule has 1 aromatic heterocycles. The van der Waals surface area contributed by atoms with E-state index < -0.39 is 0 Å². The van der Waals surface area contributed by atoms with Crippen molar-refractivity contribution in [3.63, 3.8) is 0 Å². The molecule has 7 heteroatoms. The van der Waals surface area contributed by atoms with Gasteiger partial charge in [0, 0.05) is 35.9 Å². The molecule has 0 atom stereocenters. The number of rotatable bonds is 9. The maximum atomic E-state index is 10.1. The summed E-state index contributed by atoms with van der Waals surface area (Å²) in [6.07, 6.45) is 2.84. The molecule has 0 aliphatic rings. The Hall–Kier alpha value is -3.71. The van der Waals surface area contributed by atoms with Crippen LogP contribution >= 0.6 is 12.2 Å². The molecule has 0 saturated heterocycles. The van der Waals surface area contributed by atoms with Gasteiger partial charge in [-0.25, -0.2) is 0 Å². The predicted octanol–water partition coefficient (Wildman–Crippen LogP) is 6.34. The number of ether oxygens (including phenoxy) is 2. The average molecular weight is 504 g/mol. The number of thiocarbonyl (C=S) groups is 1. The summed E-state index contributed by atoms with van der Waals surface area (Å²) in [4.78, 5) is 5.50. The highest BCUT2D eigenvalue weighted by molar-refractivity contribution is 7.80. The Labute approximate surface area is 217 Å². The van der Waals surface area contributed by atoms with Gasteiger partial charge in [0.05, 0.1) is 13.7 Å². The monoisotopic (exact) mass is 503 g/mol. The Morgan fingerprint density at radius 3 is 2.64 bits per heavy atom. The average Bonchev–Trinajstić information content (AvgIpc) is 3.28. The second-order valence-corrected chi connectivity index (χ2v) is 9.25. The number of fused-ring (bicyclic) bond motifs is 1. The van der Waals surface area contributed by atoms with E-state index in [4.69, 9.17) is 21.7 Å². The molecular weight excluding hydrogens is 470 g/mol. The SMILES string of the molecule is CCOc1cc(CN(CCc2c[nH]c3ccc(OC)cc23)C(=S)Nc2ccc(C)c(C)c2)ccc1O. The Morgan fingerprint density at radius 1 is 1.06 bits per heavy atom. The van der Waals surface area contributed by atoms with Gasteiger partial charge in [0.2, 0.25) is 0 Å². The number of hydrogen-bond donors (Lipinski definition) is 3. The number of phenolic OH excluding ortho intramolecular Hbond substituents is 1. The van der Waals surface area contributed by atoms with Crippen LogP contribution in [0.4, 0.5) is 5.69 Å². The van der Waals surface area contributed by atoms with E-state index in [1.54, 1.807) is 13.2 Å². The summed E-state index contributed by atoms with van der Waals surface area (Å²) in [5, 5.41) is 15.3. The van der Waals surface area contributed by atoms with Crippen LogP contribution in [0.5, 0.6) is 17.2 Å². The van der Waals surface area contributed by atoms with Crippen molar-refractivity contribution in [2.24, 2.45) is 0 Å². The van der Waals surface area contributed by atoms with Gasteiger partial charge < -0.3 is 29.8 Å². The second kappa shape index (κ2) is 11.4. The largest absolute Gasteiger partial charge is 0.504 e. The molecular formula is C29H33N3O3S. The summed E-state index contributed by atoms with van der Waals surface area (Å²) in [5.41, 5.74) is 6.69.